The smallest absolute Gasteiger partial charge is 0.191 e. The molecule has 4 heteroatoms. The first-order valence-electron chi connectivity index (χ1n) is 7.69. The third kappa shape index (κ3) is 4.95. The summed E-state index contributed by atoms with van der Waals surface area (Å²) in [4.78, 5) is 6.72. The molecule has 0 bridgehead atoms. The van der Waals surface area contributed by atoms with Gasteiger partial charge in [-0.2, -0.15) is 11.8 Å². The number of nitrogens with two attached hydrogens (primary N) is 1. The van der Waals surface area contributed by atoms with E-state index in [2.05, 4.69) is 54.9 Å². The molecule has 0 radical (unpaired) electrons. The largest absolute Gasteiger partial charge is 0.370 e. The normalized spacial score (nSPS) is 17.1. The lowest BCUT2D eigenvalue weighted by molar-refractivity contribution is 0.456. The van der Waals surface area contributed by atoms with Crippen molar-refractivity contribution < 1.29 is 0 Å². The number of hydrogen-bond acceptors (Lipinski definition) is 2. The van der Waals surface area contributed by atoms with E-state index >= 15 is 0 Å². The van der Waals surface area contributed by atoms with Crippen LogP contribution in [0.15, 0.2) is 29.3 Å². The van der Waals surface area contributed by atoms with Gasteiger partial charge in [-0.25, -0.2) is 0 Å². The zero-order chi connectivity index (χ0) is 15.3. The van der Waals surface area contributed by atoms with E-state index in [4.69, 9.17) is 5.73 Å². The van der Waals surface area contributed by atoms with Crippen molar-refractivity contribution in [1.29, 1.82) is 0 Å². The summed E-state index contributed by atoms with van der Waals surface area (Å²) in [5.74, 6) is 3.02. The number of rotatable bonds is 3. The fourth-order valence-corrected chi connectivity index (χ4v) is 3.27. The second-order valence-electron chi connectivity index (χ2n) is 6.54. The molecule has 1 heterocycles. The van der Waals surface area contributed by atoms with E-state index < -0.39 is 0 Å². The SMILES string of the molecule is CC(C)(C)c1ccc(CCN=C(N)N2CCSCC2)cc1. The molecular formula is C17H27N3S. The third-order valence-electron chi connectivity index (χ3n) is 3.83. The van der Waals surface area contributed by atoms with Gasteiger partial charge in [0, 0.05) is 31.1 Å². The molecule has 2 N–H and O–H groups in total. The lowest BCUT2D eigenvalue weighted by Crippen LogP contribution is -2.42. The van der Waals surface area contributed by atoms with E-state index in [1.165, 1.54) is 11.1 Å². The van der Waals surface area contributed by atoms with Crippen LogP contribution in [0.1, 0.15) is 31.9 Å². The van der Waals surface area contributed by atoms with Gasteiger partial charge >= 0.3 is 0 Å². The van der Waals surface area contributed by atoms with Crippen LogP contribution >= 0.6 is 11.8 Å². The highest BCUT2D eigenvalue weighted by atomic mass is 32.2. The molecule has 2 rings (SSSR count). The van der Waals surface area contributed by atoms with Gasteiger partial charge in [0.2, 0.25) is 0 Å². The molecule has 1 aliphatic rings. The first kappa shape index (κ1) is 16.2. The van der Waals surface area contributed by atoms with Crippen LogP contribution < -0.4 is 5.73 Å². The van der Waals surface area contributed by atoms with Gasteiger partial charge in [0.15, 0.2) is 5.96 Å². The molecule has 0 aliphatic carbocycles. The number of guanidine groups is 1. The van der Waals surface area contributed by atoms with Gasteiger partial charge in [0.05, 0.1) is 0 Å². The summed E-state index contributed by atoms with van der Waals surface area (Å²) in [7, 11) is 0. The van der Waals surface area contributed by atoms with Crippen molar-refractivity contribution in [1.82, 2.24) is 4.90 Å². The Morgan fingerprint density at radius 2 is 1.81 bits per heavy atom. The van der Waals surface area contributed by atoms with Crippen molar-refractivity contribution in [2.75, 3.05) is 31.1 Å². The fourth-order valence-electron chi connectivity index (χ4n) is 2.36. The van der Waals surface area contributed by atoms with Crippen LogP contribution in [0, 0.1) is 0 Å². The second-order valence-corrected chi connectivity index (χ2v) is 7.76. The minimum absolute atomic E-state index is 0.216. The van der Waals surface area contributed by atoms with Crippen LogP contribution in [-0.4, -0.2) is 42.0 Å². The van der Waals surface area contributed by atoms with E-state index in [1.807, 2.05) is 11.8 Å². The van der Waals surface area contributed by atoms with E-state index in [9.17, 15) is 0 Å². The molecule has 0 saturated carbocycles. The summed E-state index contributed by atoms with van der Waals surface area (Å²) in [6.45, 7) is 9.54. The van der Waals surface area contributed by atoms with Gasteiger partial charge in [-0.05, 0) is 23.0 Å². The first-order valence-corrected chi connectivity index (χ1v) is 8.84. The number of hydrogen-bond donors (Lipinski definition) is 1. The highest BCUT2D eigenvalue weighted by molar-refractivity contribution is 7.99. The van der Waals surface area contributed by atoms with Crippen LogP contribution in [0.25, 0.3) is 0 Å². The lowest BCUT2D eigenvalue weighted by Gasteiger charge is -2.27. The Hall–Kier alpha value is -1.16. The molecule has 116 valence electrons. The molecule has 1 fully saturated rings. The number of thioether (sulfide) groups is 1. The Labute approximate surface area is 133 Å². The summed E-state index contributed by atoms with van der Waals surface area (Å²) in [5.41, 5.74) is 8.98. The van der Waals surface area contributed by atoms with Crippen LogP contribution in [0.2, 0.25) is 0 Å². The summed E-state index contributed by atoms with van der Waals surface area (Å²) >= 11 is 1.99. The monoisotopic (exact) mass is 305 g/mol. The van der Waals surface area contributed by atoms with Gasteiger partial charge in [-0.1, -0.05) is 45.0 Å². The lowest BCUT2D eigenvalue weighted by atomic mass is 9.86. The van der Waals surface area contributed by atoms with Crippen molar-refractivity contribution in [3.8, 4) is 0 Å². The highest BCUT2D eigenvalue weighted by Gasteiger charge is 2.13. The van der Waals surface area contributed by atoms with Crippen LogP contribution in [0.5, 0.6) is 0 Å². The fraction of sp³-hybridized carbons (Fsp3) is 0.588. The Kier molecular flexibility index (Phi) is 5.57. The first-order chi connectivity index (χ1) is 9.97. The van der Waals surface area contributed by atoms with E-state index in [-0.39, 0.29) is 5.41 Å². The average molecular weight is 305 g/mol. The molecule has 0 atom stereocenters. The van der Waals surface area contributed by atoms with Crippen molar-refractivity contribution >= 4 is 17.7 Å². The van der Waals surface area contributed by atoms with Gasteiger partial charge in [-0.3, -0.25) is 4.99 Å². The molecule has 0 aromatic heterocycles. The average Bonchev–Trinajstić information content (AvgIpc) is 2.47. The van der Waals surface area contributed by atoms with Crippen molar-refractivity contribution in [2.45, 2.75) is 32.6 Å². The topological polar surface area (TPSA) is 41.6 Å². The maximum absolute atomic E-state index is 6.06. The summed E-state index contributed by atoms with van der Waals surface area (Å²) in [5, 5.41) is 0. The van der Waals surface area contributed by atoms with Crippen molar-refractivity contribution in [3.05, 3.63) is 35.4 Å². The third-order valence-corrected chi connectivity index (χ3v) is 4.77. The second kappa shape index (κ2) is 7.21. The summed E-state index contributed by atoms with van der Waals surface area (Å²) < 4.78 is 0. The zero-order valence-corrected chi connectivity index (χ0v) is 14.2. The maximum atomic E-state index is 6.06. The molecule has 0 spiro atoms. The van der Waals surface area contributed by atoms with Crippen LogP contribution in [-0.2, 0) is 11.8 Å². The highest BCUT2D eigenvalue weighted by Crippen LogP contribution is 2.22. The number of nitrogens with zero attached hydrogens (tertiary/aromatic N) is 2. The van der Waals surface area contributed by atoms with Gasteiger partial charge in [0.25, 0.3) is 0 Å². The Morgan fingerprint density at radius 3 is 2.38 bits per heavy atom. The predicted molar refractivity (Wildman–Crippen MR) is 94.2 cm³/mol. The van der Waals surface area contributed by atoms with Gasteiger partial charge in [-0.15, -0.1) is 0 Å². The molecule has 0 unspecified atom stereocenters. The Balaban J connectivity index is 1.85. The minimum Gasteiger partial charge on any atom is -0.370 e. The van der Waals surface area contributed by atoms with Gasteiger partial charge < -0.3 is 10.6 Å². The molecular weight excluding hydrogens is 278 g/mol. The predicted octanol–water partition coefficient (Wildman–Crippen LogP) is 2.89. The molecule has 0 amide bonds. The molecule has 1 saturated heterocycles. The van der Waals surface area contributed by atoms with E-state index in [1.54, 1.807) is 0 Å². The van der Waals surface area contributed by atoms with Gasteiger partial charge in [0.1, 0.15) is 0 Å². The number of aliphatic imine (C=N–C) groups is 1. The minimum atomic E-state index is 0.216. The quantitative estimate of drug-likeness (QED) is 0.689. The summed E-state index contributed by atoms with van der Waals surface area (Å²) in [6.07, 6.45) is 0.952. The van der Waals surface area contributed by atoms with Crippen molar-refractivity contribution in [2.24, 2.45) is 10.7 Å². The molecule has 3 nitrogen and oxygen atoms in total. The van der Waals surface area contributed by atoms with Crippen molar-refractivity contribution in [3.63, 3.8) is 0 Å². The molecule has 1 aromatic carbocycles. The molecule has 1 aromatic rings. The Morgan fingerprint density at radius 1 is 1.19 bits per heavy atom. The molecule has 1 aliphatic heterocycles. The Bertz CT molecular complexity index is 468. The number of benzene rings is 1. The van der Waals surface area contributed by atoms with Crippen LogP contribution in [0.3, 0.4) is 0 Å². The molecule has 21 heavy (non-hydrogen) atoms. The summed E-state index contributed by atoms with van der Waals surface area (Å²) in [6, 6.07) is 8.88. The maximum Gasteiger partial charge on any atom is 0.191 e. The van der Waals surface area contributed by atoms with Crippen LogP contribution in [0.4, 0.5) is 0 Å². The van der Waals surface area contributed by atoms with E-state index in [0.29, 0.717) is 5.96 Å². The standard InChI is InChI=1S/C17H27N3S/c1-17(2,3)15-6-4-14(5-7-15)8-9-19-16(18)20-10-12-21-13-11-20/h4-7H,8-13H2,1-3H3,(H2,18,19). The zero-order valence-electron chi connectivity index (χ0n) is 13.4. The van der Waals surface area contributed by atoms with E-state index in [0.717, 1.165) is 37.6 Å².